The number of amides is 1. The van der Waals surface area contributed by atoms with Gasteiger partial charge < -0.3 is 10.1 Å². The number of hydrogen-bond acceptors (Lipinski definition) is 3. The van der Waals surface area contributed by atoms with Gasteiger partial charge >= 0.3 is 5.97 Å². The van der Waals surface area contributed by atoms with Crippen LogP contribution in [0.2, 0.25) is 0 Å². The Morgan fingerprint density at radius 2 is 1.81 bits per heavy atom. The van der Waals surface area contributed by atoms with Gasteiger partial charge in [-0.15, -0.1) is 0 Å². The van der Waals surface area contributed by atoms with E-state index in [0.29, 0.717) is 18.0 Å². The predicted molar refractivity (Wildman–Crippen MR) is 65.0 cm³/mol. The van der Waals surface area contributed by atoms with Crippen LogP contribution < -0.4 is 5.32 Å². The van der Waals surface area contributed by atoms with Crippen LogP contribution in [0.4, 0.5) is 0 Å². The third-order valence-corrected chi connectivity index (χ3v) is 1.56. The fourth-order valence-corrected chi connectivity index (χ4v) is 0.737. The first-order valence-electron chi connectivity index (χ1n) is 5.51. The van der Waals surface area contributed by atoms with Crippen molar-refractivity contribution in [1.82, 2.24) is 5.32 Å². The minimum absolute atomic E-state index is 0.232. The van der Waals surface area contributed by atoms with E-state index in [1.807, 2.05) is 27.7 Å². The summed E-state index contributed by atoms with van der Waals surface area (Å²) in [7, 11) is 1.28. The van der Waals surface area contributed by atoms with Gasteiger partial charge in [-0.2, -0.15) is 0 Å². The summed E-state index contributed by atoms with van der Waals surface area (Å²) in [5.74, 6) is -0.351. The van der Waals surface area contributed by atoms with Gasteiger partial charge in [0, 0.05) is 18.2 Å². The monoisotopic (exact) mass is 229 g/mol. The van der Waals surface area contributed by atoms with E-state index in [4.69, 9.17) is 0 Å². The highest BCUT2D eigenvalue weighted by Gasteiger charge is 2.06. The molecule has 0 rings (SSSR count). The fraction of sp³-hybridized carbons (Fsp3) is 0.667. The molecular weight excluding hydrogens is 206 g/mol. The van der Waals surface area contributed by atoms with Crippen LogP contribution in [0.3, 0.4) is 0 Å². The maximum Gasteiger partial charge on any atom is 0.330 e. The third-order valence-electron chi connectivity index (χ3n) is 1.56. The Kier molecular flexibility index (Phi) is 10.9. The van der Waals surface area contributed by atoms with Crippen molar-refractivity contribution >= 4 is 11.9 Å². The second-order valence-corrected chi connectivity index (χ2v) is 3.45. The number of rotatable bonds is 4. The van der Waals surface area contributed by atoms with Crippen molar-refractivity contribution in [3.63, 3.8) is 0 Å². The highest BCUT2D eigenvalue weighted by molar-refractivity contribution is 5.98. The van der Waals surface area contributed by atoms with Gasteiger partial charge in [-0.25, -0.2) is 4.79 Å². The van der Waals surface area contributed by atoms with Gasteiger partial charge in [0.05, 0.1) is 7.11 Å². The summed E-state index contributed by atoms with van der Waals surface area (Å²) < 4.78 is 4.40. The molecule has 0 saturated heterocycles. The van der Waals surface area contributed by atoms with Crippen LogP contribution in [-0.2, 0) is 14.3 Å². The smallest absolute Gasteiger partial charge is 0.330 e. The molecule has 0 aliphatic rings. The van der Waals surface area contributed by atoms with E-state index in [1.54, 1.807) is 6.92 Å². The zero-order chi connectivity index (χ0) is 13.1. The fourth-order valence-electron chi connectivity index (χ4n) is 0.737. The molecule has 0 heterocycles. The van der Waals surface area contributed by atoms with Gasteiger partial charge in [0.15, 0.2) is 0 Å². The van der Waals surface area contributed by atoms with Crippen LogP contribution in [0.1, 0.15) is 34.6 Å². The first-order chi connectivity index (χ1) is 7.47. The van der Waals surface area contributed by atoms with Crippen LogP contribution >= 0.6 is 0 Å². The molecule has 0 aromatic heterocycles. The summed E-state index contributed by atoms with van der Waals surface area (Å²) in [6.45, 7) is 10.2. The van der Waals surface area contributed by atoms with E-state index in [2.05, 4.69) is 10.1 Å². The highest BCUT2D eigenvalue weighted by Crippen LogP contribution is 1.95. The standard InChI is InChI=1S/C10H17NO3.C2H6/c1-7(2)6-11-10(13)8(3)5-9(12)14-4;1-2/h5,7H,6H2,1-4H3,(H,11,13);1-2H3/b8-5+;. The first kappa shape index (κ1) is 17.1. The lowest BCUT2D eigenvalue weighted by atomic mass is 10.2. The van der Waals surface area contributed by atoms with Crippen molar-refractivity contribution in [3.05, 3.63) is 11.6 Å². The summed E-state index contributed by atoms with van der Waals surface area (Å²) in [5, 5.41) is 2.70. The number of esters is 1. The molecule has 0 aromatic rings. The molecule has 0 radical (unpaired) electrons. The molecule has 94 valence electrons. The lowest BCUT2D eigenvalue weighted by Crippen LogP contribution is -2.28. The normalized spacial score (nSPS) is 10.3. The Morgan fingerprint density at radius 1 is 1.31 bits per heavy atom. The summed E-state index contributed by atoms with van der Waals surface area (Å²) in [6.07, 6.45) is 1.18. The summed E-state index contributed by atoms with van der Waals surface area (Å²) in [5.41, 5.74) is 0.359. The molecule has 0 spiro atoms. The summed E-state index contributed by atoms with van der Waals surface area (Å²) >= 11 is 0. The van der Waals surface area contributed by atoms with Crippen LogP contribution in [0, 0.1) is 5.92 Å². The van der Waals surface area contributed by atoms with E-state index < -0.39 is 5.97 Å². The highest BCUT2D eigenvalue weighted by atomic mass is 16.5. The van der Waals surface area contributed by atoms with Crippen molar-refractivity contribution in [2.75, 3.05) is 13.7 Å². The molecule has 0 aliphatic carbocycles. The Labute approximate surface area is 98.1 Å². The van der Waals surface area contributed by atoms with E-state index in [9.17, 15) is 9.59 Å². The average Bonchev–Trinajstić information content (AvgIpc) is 2.28. The number of methoxy groups -OCH3 is 1. The van der Waals surface area contributed by atoms with E-state index >= 15 is 0 Å². The van der Waals surface area contributed by atoms with Crippen molar-refractivity contribution in [2.24, 2.45) is 5.92 Å². The maximum absolute atomic E-state index is 11.3. The van der Waals surface area contributed by atoms with Gasteiger partial charge in [0.25, 0.3) is 0 Å². The van der Waals surface area contributed by atoms with Crippen molar-refractivity contribution in [1.29, 1.82) is 0 Å². The maximum atomic E-state index is 11.3. The minimum Gasteiger partial charge on any atom is -0.466 e. The number of carbonyl (C=O) groups excluding carboxylic acids is 2. The third kappa shape index (κ3) is 9.24. The Morgan fingerprint density at radius 3 is 2.19 bits per heavy atom. The first-order valence-corrected chi connectivity index (χ1v) is 5.51. The zero-order valence-corrected chi connectivity index (χ0v) is 11.1. The average molecular weight is 229 g/mol. The number of nitrogens with one attached hydrogen (secondary N) is 1. The molecule has 4 heteroatoms. The number of ether oxygens (including phenoxy) is 1. The second-order valence-electron chi connectivity index (χ2n) is 3.45. The summed E-state index contributed by atoms with van der Waals surface area (Å²) in [4.78, 5) is 22.1. The minimum atomic E-state index is -0.512. The molecule has 0 saturated carbocycles. The molecule has 16 heavy (non-hydrogen) atoms. The van der Waals surface area contributed by atoms with Gasteiger partial charge in [0.2, 0.25) is 5.91 Å². The molecule has 4 nitrogen and oxygen atoms in total. The zero-order valence-electron chi connectivity index (χ0n) is 11.1. The second kappa shape index (κ2) is 10.2. The summed E-state index contributed by atoms with van der Waals surface area (Å²) in [6, 6.07) is 0. The quantitative estimate of drug-likeness (QED) is 0.591. The molecule has 0 aromatic carbocycles. The Bertz CT molecular complexity index is 245. The molecule has 0 unspecified atom stereocenters. The Hall–Kier alpha value is -1.32. The van der Waals surface area contributed by atoms with Crippen molar-refractivity contribution in [3.8, 4) is 0 Å². The molecule has 0 aliphatic heterocycles. The lowest BCUT2D eigenvalue weighted by Gasteiger charge is -2.07. The van der Waals surface area contributed by atoms with Gasteiger partial charge in [-0.05, 0) is 12.8 Å². The molecule has 1 amide bonds. The van der Waals surface area contributed by atoms with Gasteiger partial charge in [0.1, 0.15) is 0 Å². The number of carbonyl (C=O) groups is 2. The molecule has 0 atom stereocenters. The van der Waals surface area contributed by atoms with Gasteiger partial charge in [-0.3, -0.25) is 4.79 Å². The van der Waals surface area contributed by atoms with Crippen LogP contribution in [-0.4, -0.2) is 25.5 Å². The molecule has 0 fully saturated rings. The van der Waals surface area contributed by atoms with Crippen LogP contribution in [0.25, 0.3) is 0 Å². The van der Waals surface area contributed by atoms with Gasteiger partial charge in [-0.1, -0.05) is 27.7 Å². The molecule has 0 bridgehead atoms. The van der Waals surface area contributed by atoms with Crippen molar-refractivity contribution < 1.29 is 14.3 Å². The topological polar surface area (TPSA) is 55.4 Å². The number of hydrogen-bond donors (Lipinski definition) is 1. The predicted octanol–water partition coefficient (Wildman–Crippen LogP) is 1.90. The van der Waals surface area contributed by atoms with Crippen LogP contribution in [0.15, 0.2) is 11.6 Å². The van der Waals surface area contributed by atoms with Crippen LogP contribution in [0.5, 0.6) is 0 Å². The molecule has 1 N–H and O–H groups in total. The largest absolute Gasteiger partial charge is 0.466 e. The molecular formula is C12H23NO3. The SMILES string of the molecule is CC.COC(=O)/C=C(\C)C(=O)NCC(C)C. The van der Waals surface area contributed by atoms with E-state index in [-0.39, 0.29) is 5.91 Å². The van der Waals surface area contributed by atoms with Crippen molar-refractivity contribution in [2.45, 2.75) is 34.6 Å². The van der Waals surface area contributed by atoms with E-state index in [1.165, 1.54) is 13.2 Å². The Balaban J connectivity index is 0. The lowest BCUT2D eigenvalue weighted by molar-refractivity contribution is -0.135. The van der Waals surface area contributed by atoms with E-state index in [0.717, 1.165) is 0 Å².